The Morgan fingerprint density at radius 1 is 1.33 bits per heavy atom. The fourth-order valence-corrected chi connectivity index (χ4v) is 3.51. The highest BCUT2D eigenvalue weighted by molar-refractivity contribution is 6.28. The molecule has 0 saturated carbocycles. The minimum absolute atomic E-state index is 0.343. The van der Waals surface area contributed by atoms with Gasteiger partial charge >= 0.3 is 0 Å². The predicted molar refractivity (Wildman–Crippen MR) is 73.0 cm³/mol. The van der Waals surface area contributed by atoms with E-state index >= 15 is 0 Å². The van der Waals surface area contributed by atoms with Crippen LogP contribution in [0.4, 0.5) is 5.82 Å². The van der Waals surface area contributed by atoms with Crippen molar-refractivity contribution in [2.24, 2.45) is 5.92 Å². The molecule has 1 aromatic heterocycles. The molecule has 2 aliphatic rings. The van der Waals surface area contributed by atoms with Gasteiger partial charge in [-0.3, -0.25) is 0 Å². The highest BCUT2D eigenvalue weighted by Gasteiger charge is 2.34. The third-order valence-corrected chi connectivity index (χ3v) is 4.46. The zero-order valence-corrected chi connectivity index (χ0v) is 11.5. The van der Waals surface area contributed by atoms with Crippen LogP contribution in [0.5, 0.6) is 0 Å². The van der Waals surface area contributed by atoms with E-state index < -0.39 is 0 Å². The first-order chi connectivity index (χ1) is 8.74. The zero-order valence-electron chi connectivity index (χ0n) is 10.7. The van der Waals surface area contributed by atoms with Crippen LogP contribution in [0, 0.1) is 5.92 Å². The molecule has 0 amide bonds. The minimum Gasteiger partial charge on any atom is -0.356 e. The average Bonchev–Trinajstić information content (AvgIpc) is 2.39. The standard InChI is InChI=1S/C13H19ClN4/c1-17-7-2-3-10-9-18(8-5-11(10)17)12-4-6-15-13(14)16-12/h4,6,10-11H,2-3,5,7-9H2,1H3. The lowest BCUT2D eigenvalue weighted by Crippen LogP contribution is -2.52. The Bertz CT molecular complexity index is 425. The van der Waals surface area contributed by atoms with Crippen LogP contribution in [0.1, 0.15) is 19.3 Å². The van der Waals surface area contributed by atoms with Gasteiger partial charge in [-0.1, -0.05) is 0 Å². The van der Waals surface area contributed by atoms with Crippen LogP contribution in [-0.2, 0) is 0 Å². The van der Waals surface area contributed by atoms with Gasteiger partial charge in [0.15, 0.2) is 0 Å². The van der Waals surface area contributed by atoms with Crippen LogP contribution in [0.2, 0.25) is 5.28 Å². The Balaban J connectivity index is 1.74. The molecular weight excluding hydrogens is 248 g/mol. The lowest BCUT2D eigenvalue weighted by molar-refractivity contribution is 0.102. The van der Waals surface area contributed by atoms with Gasteiger partial charge in [-0.05, 0) is 56.4 Å². The number of rotatable bonds is 1. The van der Waals surface area contributed by atoms with Gasteiger partial charge in [0.2, 0.25) is 5.28 Å². The van der Waals surface area contributed by atoms with Gasteiger partial charge in [0.05, 0.1) is 0 Å². The van der Waals surface area contributed by atoms with E-state index in [1.54, 1.807) is 6.20 Å². The molecule has 0 spiro atoms. The number of hydrogen-bond acceptors (Lipinski definition) is 4. The van der Waals surface area contributed by atoms with Crippen molar-refractivity contribution in [1.82, 2.24) is 14.9 Å². The summed E-state index contributed by atoms with van der Waals surface area (Å²) < 4.78 is 0. The van der Waals surface area contributed by atoms with Crippen molar-refractivity contribution in [3.8, 4) is 0 Å². The SMILES string of the molecule is CN1CCCC2CN(c3ccnc(Cl)n3)CCC21. The van der Waals surface area contributed by atoms with Crippen LogP contribution < -0.4 is 4.90 Å². The largest absolute Gasteiger partial charge is 0.356 e. The normalized spacial score (nSPS) is 29.1. The number of aromatic nitrogens is 2. The summed E-state index contributed by atoms with van der Waals surface area (Å²) in [4.78, 5) is 13.1. The van der Waals surface area contributed by atoms with Gasteiger partial charge in [0.25, 0.3) is 0 Å². The molecule has 0 N–H and O–H groups in total. The summed E-state index contributed by atoms with van der Waals surface area (Å²) in [5.74, 6) is 1.74. The van der Waals surface area contributed by atoms with E-state index in [1.165, 1.54) is 25.8 Å². The van der Waals surface area contributed by atoms with Crippen molar-refractivity contribution in [2.75, 3.05) is 31.6 Å². The van der Waals surface area contributed by atoms with Crippen LogP contribution in [-0.4, -0.2) is 47.6 Å². The Morgan fingerprint density at radius 3 is 3.06 bits per heavy atom. The third kappa shape index (κ3) is 2.31. The highest BCUT2D eigenvalue weighted by atomic mass is 35.5. The molecule has 2 unspecified atom stereocenters. The number of anilines is 1. The molecule has 2 saturated heterocycles. The second kappa shape index (κ2) is 5.02. The molecule has 98 valence electrons. The summed E-state index contributed by atoms with van der Waals surface area (Å²) in [6, 6.07) is 2.71. The predicted octanol–water partition coefficient (Wildman–Crippen LogP) is 2.05. The molecule has 2 aliphatic heterocycles. The number of nitrogens with zero attached hydrogens (tertiary/aromatic N) is 4. The summed E-state index contributed by atoms with van der Waals surface area (Å²) in [5.41, 5.74) is 0. The van der Waals surface area contributed by atoms with Crippen molar-refractivity contribution in [2.45, 2.75) is 25.3 Å². The second-order valence-electron chi connectivity index (χ2n) is 5.37. The number of hydrogen-bond donors (Lipinski definition) is 0. The third-order valence-electron chi connectivity index (χ3n) is 4.28. The van der Waals surface area contributed by atoms with E-state index in [4.69, 9.17) is 11.6 Å². The molecule has 4 nitrogen and oxygen atoms in total. The van der Waals surface area contributed by atoms with E-state index in [9.17, 15) is 0 Å². The summed E-state index contributed by atoms with van der Waals surface area (Å²) in [5, 5.41) is 0.343. The molecule has 0 radical (unpaired) electrons. The molecule has 2 fully saturated rings. The fourth-order valence-electron chi connectivity index (χ4n) is 3.36. The maximum atomic E-state index is 5.87. The van der Waals surface area contributed by atoms with Crippen molar-refractivity contribution >= 4 is 17.4 Å². The summed E-state index contributed by atoms with van der Waals surface area (Å²) >= 11 is 5.87. The smallest absolute Gasteiger partial charge is 0.224 e. The van der Waals surface area contributed by atoms with Crippen LogP contribution in [0.25, 0.3) is 0 Å². The second-order valence-corrected chi connectivity index (χ2v) is 5.71. The monoisotopic (exact) mass is 266 g/mol. The van der Waals surface area contributed by atoms with Crippen LogP contribution >= 0.6 is 11.6 Å². The lowest BCUT2D eigenvalue weighted by atomic mass is 9.84. The molecule has 2 atom stereocenters. The molecular formula is C13H19ClN4. The molecule has 0 aliphatic carbocycles. The summed E-state index contributed by atoms with van der Waals surface area (Å²) in [6.07, 6.45) is 5.62. The molecule has 18 heavy (non-hydrogen) atoms. The van der Waals surface area contributed by atoms with Crippen molar-refractivity contribution in [3.05, 3.63) is 17.5 Å². The van der Waals surface area contributed by atoms with E-state index in [1.807, 2.05) is 6.07 Å². The minimum atomic E-state index is 0.343. The molecule has 0 bridgehead atoms. The van der Waals surface area contributed by atoms with Crippen molar-refractivity contribution in [3.63, 3.8) is 0 Å². The quantitative estimate of drug-likeness (QED) is 0.729. The highest BCUT2D eigenvalue weighted by Crippen LogP contribution is 2.31. The fraction of sp³-hybridized carbons (Fsp3) is 0.692. The Hall–Kier alpha value is -0.870. The zero-order chi connectivity index (χ0) is 12.5. The van der Waals surface area contributed by atoms with Gasteiger partial charge in [-0.15, -0.1) is 0 Å². The van der Waals surface area contributed by atoms with E-state index in [2.05, 4.69) is 26.8 Å². The Kier molecular flexibility index (Phi) is 3.39. The molecule has 1 aromatic rings. The van der Waals surface area contributed by atoms with Gasteiger partial charge in [-0.25, -0.2) is 9.97 Å². The number of likely N-dealkylation sites (tertiary alicyclic amines) is 1. The molecule has 3 rings (SSSR count). The molecule has 3 heterocycles. The topological polar surface area (TPSA) is 32.3 Å². The number of piperidine rings is 2. The van der Waals surface area contributed by atoms with Crippen LogP contribution in [0.15, 0.2) is 12.3 Å². The van der Waals surface area contributed by atoms with Gasteiger partial charge in [0.1, 0.15) is 5.82 Å². The van der Waals surface area contributed by atoms with Crippen LogP contribution in [0.3, 0.4) is 0 Å². The lowest BCUT2D eigenvalue weighted by Gasteiger charge is -2.46. The number of fused-ring (bicyclic) bond motifs is 1. The first-order valence-electron chi connectivity index (χ1n) is 6.68. The van der Waals surface area contributed by atoms with Gasteiger partial charge in [0, 0.05) is 25.3 Å². The maximum Gasteiger partial charge on any atom is 0.224 e. The van der Waals surface area contributed by atoms with Crippen molar-refractivity contribution in [1.29, 1.82) is 0 Å². The van der Waals surface area contributed by atoms with E-state index in [0.717, 1.165) is 30.9 Å². The summed E-state index contributed by atoms with van der Waals surface area (Å²) in [6.45, 7) is 3.42. The molecule has 5 heteroatoms. The van der Waals surface area contributed by atoms with E-state index in [0.29, 0.717) is 5.28 Å². The summed E-state index contributed by atoms with van der Waals surface area (Å²) in [7, 11) is 2.26. The first-order valence-corrected chi connectivity index (χ1v) is 7.05. The van der Waals surface area contributed by atoms with Crippen molar-refractivity contribution < 1.29 is 0 Å². The van der Waals surface area contributed by atoms with Gasteiger partial charge in [-0.2, -0.15) is 0 Å². The van der Waals surface area contributed by atoms with Gasteiger partial charge < -0.3 is 9.80 Å². The molecule has 0 aromatic carbocycles. The van der Waals surface area contributed by atoms with E-state index in [-0.39, 0.29) is 0 Å². The Labute approximate surface area is 113 Å². The Morgan fingerprint density at radius 2 is 2.22 bits per heavy atom. The number of halogens is 1. The average molecular weight is 267 g/mol. The maximum absolute atomic E-state index is 5.87. The first kappa shape index (κ1) is 12.2.